The van der Waals surface area contributed by atoms with Crippen LogP contribution in [0.2, 0.25) is 0 Å². The number of amides is 2. The van der Waals surface area contributed by atoms with Crippen molar-refractivity contribution < 1.29 is 22.8 Å². The van der Waals surface area contributed by atoms with Crippen LogP contribution in [0.5, 0.6) is 0 Å². The summed E-state index contributed by atoms with van der Waals surface area (Å²) in [4.78, 5) is 23.7. The van der Waals surface area contributed by atoms with Crippen molar-refractivity contribution >= 4 is 11.8 Å². The van der Waals surface area contributed by atoms with E-state index in [1.54, 1.807) is 0 Å². The molecule has 132 valence electrons. The third-order valence-electron chi connectivity index (χ3n) is 3.87. The first kappa shape index (κ1) is 18.3. The lowest BCUT2D eigenvalue weighted by molar-refractivity contribution is -0.137. The van der Waals surface area contributed by atoms with E-state index in [0.717, 1.165) is 43.7 Å². The van der Waals surface area contributed by atoms with E-state index >= 15 is 0 Å². The first-order valence-corrected chi connectivity index (χ1v) is 7.74. The van der Waals surface area contributed by atoms with Crippen molar-refractivity contribution in [2.75, 3.05) is 13.1 Å². The Labute approximate surface area is 138 Å². The molecule has 3 N–H and O–H groups in total. The predicted octanol–water partition coefficient (Wildman–Crippen LogP) is 1.69. The van der Waals surface area contributed by atoms with Crippen LogP contribution in [0.15, 0.2) is 24.3 Å². The first-order valence-electron chi connectivity index (χ1n) is 7.74. The normalized spacial score (nSPS) is 21.2. The average molecular weight is 343 g/mol. The SMILES string of the molecule is CC1CC(NC(=O)CNC(=O)c2ccc(C(F)(F)F)cc2)CCN1. The Hall–Kier alpha value is -2.09. The summed E-state index contributed by atoms with van der Waals surface area (Å²) < 4.78 is 37.4. The highest BCUT2D eigenvalue weighted by molar-refractivity contribution is 5.96. The summed E-state index contributed by atoms with van der Waals surface area (Å²) in [6.45, 7) is 2.65. The summed E-state index contributed by atoms with van der Waals surface area (Å²) in [5, 5.41) is 8.52. The van der Waals surface area contributed by atoms with Crippen molar-refractivity contribution in [3.63, 3.8) is 0 Å². The molecule has 1 aromatic rings. The number of carbonyl (C=O) groups excluding carboxylic acids is 2. The zero-order valence-corrected chi connectivity index (χ0v) is 13.2. The standard InChI is InChI=1S/C16H20F3N3O2/c1-10-8-13(6-7-20-10)22-14(23)9-21-15(24)11-2-4-12(5-3-11)16(17,18)19/h2-5,10,13,20H,6-9H2,1H3,(H,21,24)(H,22,23). The van der Waals surface area contributed by atoms with Crippen LogP contribution in [-0.2, 0) is 11.0 Å². The molecule has 2 unspecified atom stereocenters. The average Bonchev–Trinajstić information content (AvgIpc) is 2.52. The van der Waals surface area contributed by atoms with Crippen molar-refractivity contribution in [3.8, 4) is 0 Å². The fourth-order valence-corrected chi connectivity index (χ4v) is 2.61. The molecule has 24 heavy (non-hydrogen) atoms. The van der Waals surface area contributed by atoms with Gasteiger partial charge in [-0.2, -0.15) is 13.2 Å². The van der Waals surface area contributed by atoms with E-state index in [1.807, 2.05) is 6.92 Å². The van der Waals surface area contributed by atoms with Crippen LogP contribution in [0.4, 0.5) is 13.2 Å². The molecule has 0 aromatic heterocycles. The second-order valence-electron chi connectivity index (χ2n) is 5.90. The minimum absolute atomic E-state index is 0.0664. The molecule has 1 heterocycles. The molecule has 1 saturated heterocycles. The number of carbonyl (C=O) groups is 2. The fourth-order valence-electron chi connectivity index (χ4n) is 2.61. The number of hydrogen-bond acceptors (Lipinski definition) is 3. The molecule has 0 spiro atoms. The highest BCUT2D eigenvalue weighted by Gasteiger charge is 2.30. The number of alkyl halides is 3. The smallest absolute Gasteiger partial charge is 0.352 e. The highest BCUT2D eigenvalue weighted by Crippen LogP contribution is 2.29. The topological polar surface area (TPSA) is 70.2 Å². The van der Waals surface area contributed by atoms with Gasteiger partial charge in [-0.25, -0.2) is 0 Å². The Morgan fingerprint density at radius 1 is 1.25 bits per heavy atom. The second kappa shape index (κ2) is 7.65. The maximum Gasteiger partial charge on any atom is 0.416 e. The maximum absolute atomic E-state index is 12.5. The van der Waals surface area contributed by atoms with Gasteiger partial charge in [-0.3, -0.25) is 9.59 Å². The summed E-state index contributed by atoms with van der Waals surface area (Å²) in [5.41, 5.74) is -0.747. The maximum atomic E-state index is 12.5. The molecule has 2 rings (SSSR count). The Balaban J connectivity index is 1.81. The van der Waals surface area contributed by atoms with Gasteiger partial charge in [0.2, 0.25) is 5.91 Å². The minimum Gasteiger partial charge on any atom is -0.352 e. The van der Waals surface area contributed by atoms with E-state index in [-0.39, 0.29) is 24.1 Å². The number of nitrogens with one attached hydrogen (secondary N) is 3. The molecule has 0 radical (unpaired) electrons. The van der Waals surface area contributed by atoms with Crippen LogP contribution >= 0.6 is 0 Å². The number of hydrogen-bond donors (Lipinski definition) is 3. The second-order valence-corrected chi connectivity index (χ2v) is 5.90. The molecule has 8 heteroatoms. The molecule has 5 nitrogen and oxygen atoms in total. The third-order valence-corrected chi connectivity index (χ3v) is 3.87. The molecule has 1 fully saturated rings. The monoisotopic (exact) mass is 343 g/mol. The van der Waals surface area contributed by atoms with Crippen molar-refractivity contribution in [1.29, 1.82) is 0 Å². The summed E-state index contributed by atoms with van der Waals surface area (Å²) in [5.74, 6) is -0.896. The van der Waals surface area contributed by atoms with Crippen molar-refractivity contribution in [1.82, 2.24) is 16.0 Å². The van der Waals surface area contributed by atoms with Gasteiger partial charge < -0.3 is 16.0 Å². The van der Waals surface area contributed by atoms with E-state index in [4.69, 9.17) is 0 Å². The third kappa shape index (κ3) is 5.23. The molecule has 0 bridgehead atoms. The van der Waals surface area contributed by atoms with Gasteiger partial charge in [0, 0.05) is 17.6 Å². The van der Waals surface area contributed by atoms with Crippen LogP contribution < -0.4 is 16.0 Å². The number of benzene rings is 1. The van der Waals surface area contributed by atoms with Gasteiger partial charge in [0.05, 0.1) is 12.1 Å². The van der Waals surface area contributed by atoms with E-state index in [0.29, 0.717) is 6.04 Å². The molecule has 1 aliphatic heterocycles. The van der Waals surface area contributed by atoms with Gasteiger partial charge in [-0.15, -0.1) is 0 Å². The zero-order valence-electron chi connectivity index (χ0n) is 13.2. The fraction of sp³-hybridized carbons (Fsp3) is 0.500. The molecule has 2 amide bonds. The number of rotatable bonds is 4. The van der Waals surface area contributed by atoms with Crippen molar-refractivity contribution in [3.05, 3.63) is 35.4 Å². The zero-order chi connectivity index (χ0) is 17.7. The lowest BCUT2D eigenvalue weighted by Gasteiger charge is -2.28. The Morgan fingerprint density at radius 3 is 2.50 bits per heavy atom. The largest absolute Gasteiger partial charge is 0.416 e. The molecule has 2 atom stereocenters. The molecule has 1 aromatic carbocycles. The van der Waals surface area contributed by atoms with Gasteiger partial charge >= 0.3 is 6.18 Å². The predicted molar refractivity (Wildman–Crippen MR) is 82.4 cm³/mol. The van der Waals surface area contributed by atoms with Gasteiger partial charge in [0.15, 0.2) is 0 Å². The molecular formula is C16H20F3N3O2. The van der Waals surface area contributed by atoms with E-state index in [2.05, 4.69) is 16.0 Å². The van der Waals surface area contributed by atoms with Crippen LogP contribution in [0.3, 0.4) is 0 Å². The number of piperidine rings is 1. The van der Waals surface area contributed by atoms with E-state index in [9.17, 15) is 22.8 Å². The molecule has 0 aliphatic carbocycles. The van der Waals surface area contributed by atoms with E-state index < -0.39 is 17.6 Å². The van der Waals surface area contributed by atoms with Crippen molar-refractivity contribution in [2.45, 2.75) is 38.0 Å². The Morgan fingerprint density at radius 2 is 1.92 bits per heavy atom. The van der Waals surface area contributed by atoms with Crippen LogP contribution in [0.1, 0.15) is 35.7 Å². The van der Waals surface area contributed by atoms with Crippen LogP contribution in [0.25, 0.3) is 0 Å². The number of halogens is 3. The van der Waals surface area contributed by atoms with Gasteiger partial charge in [-0.05, 0) is 50.6 Å². The molecular weight excluding hydrogens is 323 g/mol. The first-order chi connectivity index (χ1) is 11.3. The quantitative estimate of drug-likeness (QED) is 0.779. The van der Waals surface area contributed by atoms with Gasteiger partial charge in [-0.1, -0.05) is 0 Å². The lowest BCUT2D eigenvalue weighted by Crippen LogP contribution is -2.48. The highest BCUT2D eigenvalue weighted by atomic mass is 19.4. The van der Waals surface area contributed by atoms with Crippen LogP contribution in [0, 0.1) is 0 Å². The summed E-state index contributed by atoms with van der Waals surface area (Å²) in [6.07, 6.45) is -2.80. The summed E-state index contributed by atoms with van der Waals surface area (Å²) in [7, 11) is 0. The van der Waals surface area contributed by atoms with Gasteiger partial charge in [0.25, 0.3) is 5.91 Å². The Kier molecular flexibility index (Phi) is 5.82. The Bertz CT molecular complexity index is 587. The summed E-state index contributed by atoms with van der Waals surface area (Å²) in [6, 6.07) is 4.24. The van der Waals surface area contributed by atoms with E-state index in [1.165, 1.54) is 0 Å². The van der Waals surface area contributed by atoms with Gasteiger partial charge in [0.1, 0.15) is 0 Å². The molecule has 0 saturated carbocycles. The molecule has 1 aliphatic rings. The lowest BCUT2D eigenvalue weighted by atomic mass is 10.0. The van der Waals surface area contributed by atoms with Crippen molar-refractivity contribution in [2.24, 2.45) is 0 Å². The summed E-state index contributed by atoms with van der Waals surface area (Å²) >= 11 is 0. The minimum atomic E-state index is -4.44. The van der Waals surface area contributed by atoms with Crippen LogP contribution in [-0.4, -0.2) is 37.0 Å².